The molecule has 2 fully saturated rings. The average molecular weight is 543 g/mol. The number of cyclic esters (lactones) is 1. The summed E-state index contributed by atoms with van der Waals surface area (Å²) in [6.07, 6.45) is 5.22. The van der Waals surface area contributed by atoms with Crippen molar-refractivity contribution in [2.75, 3.05) is 7.11 Å². The third kappa shape index (κ3) is 7.04. The second-order valence-corrected chi connectivity index (χ2v) is 10.3. The molecule has 4 atom stereocenters. The second-order valence-electron chi connectivity index (χ2n) is 10.3. The lowest BCUT2D eigenvalue weighted by Crippen LogP contribution is -2.45. The first kappa shape index (κ1) is 28.3. The Labute approximate surface area is 227 Å². The van der Waals surface area contributed by atoms with Gasteiger partial charge in [-0.1, -0.05) is 31.4 Å². The van der Waals surface area contributed by atoms with Crippen LogP contribution in [0.2, 0.25) is 0 Å². The van der Waals surface area contributed by atoms with Crippen LogP contribution in [0.1, 0.15) is 67.9 Å². The maximum absolute atomic E-state index is 13.5. The minimum atomic E-state index is -0.997. The Morgan fingerprint density at radius 1 is 1.10 bits per heavy atom. The first-order chi connectivity index (χ1) is 18.8. The lowest BCUT2D eigenvalue weighted by atomic mass is 9.86. The number of esters is 2. The van der Waals surface area contributed by atoms with Crippen LogP contribution in [0.5, 0.6) is 11.5 Å². The fourth-order valence-electron chi connectivity index (χ4n) is 5.43. The van der Waals surface area contributed by atoms with Crippen LogP contribution in [0.25, 0.3) is 0 Å². The predicted molar refractivity (Wildman–Crippen MR) is 139 cm³/mol. The summed E-state index contributed by atoms with van der Waals surface area (Å²) in [5, 5.41) is 12.9. The van der Waals surface area contributed by atoms with Crippen LogP contribution in [0.15, 0.2) is 36.5 Å². The van der Waals surface area contributed by atoms with Gasteiger partial charge in [-0.3, -0.25) is 9.59 Å². The smallest absolute Gasteiger partial charge is 0.329 e. The van der Waals surface area contributed by atoms with Crippen molar-refractivity contribution in [1.29, 1.82) is 0 Å². The van der Waals surface area contributed by atoms with Gasteiger partial charge in [-0.05, 0) is 56.7 Å². The first-order valence-electron chi connectivity index (χ1n) is 13.4. The maximum Gasteiger partial charge on any atom is 0.329 e. The third-order valence-corrected chi connectivity index (χ3v) is 7.56. The molecule has 1 aromatic heterocycles. The first-order valence-corrected chi connectivity index (χ1v) is 13.4. The lowest BCUT2D eigenvalue weighted by Gasteiger charge is -2.31. The summed E-state index contributed by atoms with van der Waals surface area (Å²) in [5.41, 5.74) is 0.609. The van der Waals surface area contributed by atoms with Crippen LogP contribution in [-0.4, -0.2) is 53.3 Å². The van der Waals surface area contributed by atoms with Gasteiger partial charge in [0.1, 0.15) is 24.1 Å². The van der Waals surface area contributed by atoms with E-state index in [0.29, 0.717) is 19.3 Å². The predicted octanol–water partition coefficient (Wildman–Crippen LogP) is 4.11. The van der Waals surface area contributed by atoms with Gasteiger partial charge in [-0.25, -0.2) is 14.2 Å². The van der Waals surface area contributed by atoms with Gasteiger partial charge in [-0.2, -0.15) is 0 Å². The number of pyridine rings is 1. The van der Waals surface area contributed by atoms with E-state index in [2.05, 4.69) is 10.3 Å². The molecule has 2 aromatic rings. The minimum absolute atomic E-state index is 0.0800. The Bertz CT molecular complexity index is 1170. The topological polar surface area (TPSA) is 124 Å². The number of carbonyl (C=O) groups is 3. The van der Waals surface area contributed by atoms with Gasteiger partial charge in [0, 0.05) is 18.2 Å². The molecule has 2 N–H and O–H groups in total. The van der Waals surface area contributed by atoms with Crippen molar-refractivity contribution in [3.8, 4) is 11.5 Å². The van der Waals surface area contributed by atoms with E-state index < -0.39 is 35.9 Å². The molecule has 210 valence electrons. The SMILES string of the molecule is COc1ccnc(C(=O)NC2CCCC(Cc3ccc(F)cc3)C(OC(=O)C3CCCC3)C(C)OC2=O)c1O. The quantitative estimate of drug-likeness (QED) is 0.501. The van der Waals surface area contributed by atoms with Crippen LogP contribution < -0.4 is 10.1 Å². The monoisotopic (exact) mass is 542 g/mol. The van der Waals surface area contributed by atoms with Crippen LogP contribution >= 0.6 is 0 Å². The molecule has 4 unspecified atom stereocenters. The Morgan fingerprint density at radius 3 is 2.51 bits per heavy atom. The van der Waals surface area contributed by atoms with Gasteiger partial charge in [0.25, 0.3) is 5.91 Å². The average Bonchev–Trinajstić information content (AvgIpc) is 3.47. The molecule has 4 rings (SSSR count). The van der Waals surface area contributed by atoms with Gasteiger partial charge in [-0.15, -0.1) is 0 Å². The normalized spacial score (nSPS) is 24.1. The molecule has 2 heterocycles. The Morgan fingerprint density at radius 2 is 1.82 bits per heavy atom. The van der Waals surface area contributed by atoms with Crippen LogP contribution in [0.3, 0.4) is 0 Å². The van der Waals surface area contributed by atoms with Crippen molar-refractivity contribution >= 4 is 17.8 Å². The molecule has 1 saturated heterocycles. The third-order valence-electron chi connectivity index (χ3n) is 7.56. The van der Waals surface area contributed by atoms with Crippen LogP contribution in [0.4, 0.5) is 4.39 Å². The molecule has 1 amide bonds. The van der Waals surface area contributed by atoms with Crippen molar-refractivity contribution in [1.82, 2.24) is 10.3 Å². The molecule has 1 aromatic carbocycles. The van der Waals surface area contributed by atoms with E-state index in [0.717, 1.165) is 31.2 Å². The number of aromatic nitrogens is 1. The number of halogens is 1. The Hall–Kier alpha value is -3.69. The molecule has 10 heteroatoms. The molecule has 2 aliphatic rings. The summed E-state index contributed by atoms with van der Waals surface area (Å²) in [6, 6.07) is 6.59. The van der Waals surface area contributed by atoms with Crippen LogP contribution in [-0.2, 0) is 25.5 Å². The van der Waals surface area contributed by atoms with Crippen molar-refractivity contribution < 1.29 is 38.1 Å². The highest BCUT2D eigenvalue weighted by atomic mass is 19.1. The molecule has 1 aliphatic carbocycles. The van der Waals surface area contributed by atoms with E-state index in [1.54, 1.807) is 19.1 Å². The number of carbonyl (C=O) groups excluding carboxylic acids is 3. The number of ether oxygens (including phenoxy) is 3. The summed E-state index contributed by atoms with van der Waals surface area (Å²) in [4.78, 5) is 43.0. The number of hydrogen-bond donors (Lipinski definition) is 2. The van der Waals surface area contributed by atoms with E-state index in [1.807, 2.05) is 0 Å². The second kappa shape index (κ2) is 12.9. The fourth-order valence-corrected chi connectivity index (χ4v) is 5.43. The standard InChI is InChI=1S/C29H35FN2O7/c1-17-26(39-28(35)19-6-3-4-7-19)20(16-18-10-12-21(30)13-11-18)8-5-9-22(29(36)38-17)32-27(34)24-25(33)23(37-2)14-15-31-24/h10-15,17,19-20,22,26,33H,3-9,16H2,1-2H3,(H,32,34). The Balaban J connectivity index is 1.53. The van der Waals surface area contributed by atoms with E-state index in [1.165, 1.54) is 31.5 Å². The molecule has 9 nitrogen and oxygen atoms in total. The zero-order valence-electron chi connectivity index (χ0n) is 22.2. The number of methoxy groups -OCH3 is 1. The van der Waals surface area contributed by atoms with Crippen molar-refractivity contribution in [3.63, 3.8) is 0 Å². The highest BCUT2D eigenvalue weighted by molar-refractivity contribution is 5.97. The summed E-state index contributed by atoms with van der Waals surface area (Å²) in [5.74, 6) is -2.74. The maximum atomic E-state index is 13.5. The lowest BCUT2D eigenvalue weighted by molar-refractivity contribution is -0.174. The van der Waals surface area contributed by atoms with Gasteiger partial charge >= 0.3 is 11.9 Å². The van der Waals surface area contributed by atoms with Gasteiger partial charge in [0.05, 0.1) is 13.0 Å². The zero-order chi connectivity index (χ0) is 27.9. The Kier molecular flexibility index (Phi) is 9.37. The number of rotatable bonds is 7. The molecular weight excluding hydrogens is 507 g/mol. The summed E-state index contributed by atoms with van der Waals surface area (Å²) in [7, 11) is 1.35. The fraction of sp³-hybridized carbons (Fsp3) is 0.517. The molecule has 1 saturated carbocycles. The highest BCUT2D eigenvalue weighted by Gasteiger charge is 2.38. The molecule has 39 heavy (non-hydrogen) atoms. The van der Waals surface area contributed by atoms with Gasteiger partial charge < -0.3 is 24.6 Å². The summed E-state index contributed by atoms with van der Waals surface area (Å²) < 4.78 is 30.3. The number of nitrogens with one attached hydrogen (secondary N) is 1. The van der Waals surface area contributed by atoms with Crippen molar-refractivity contribution in [2.24, 2.45) is 11.8 Å². The van der Waals surface area contributed by atoms with E-state index in [-0.39, 0.29) is 41.5 Å². The summed E-state index contributed by atoms with van der Waals surface area (Å²) in [6.45, 7) is 1.68. The van der Waals surface area contributed by atoms with Crippen molar-refractivity contribution in [2.45, 2.75) is 76.5 Å². The van der Waals surface area contributed by atoms with Gasteiger partial charge in [0.15, 0.2) is 17.2 Å². The van der Waals surface area contributed by atoms with Crippen LogP contribution in [0, 0.1) is 17.7 Å². The van der Waals surface area contributed by atoms with Crippen molar-refractivity contribution in [3.05, 3.63) is 53.6 Å². The molecule has 0 radical (unpaired) electrons. The number of amides is 1. The number of benzene rings is 1. The molecule has 0 bridgehead atoms. The molecule has 1 aliphatic heterocycles. The largest absolute Gasteiger partial charge is 0.503 e. The van der Waals surface area contributed by atoms with Gasteiger partial charge in [0.2, 0.25) is 0 Å². The number of hydrogen-bond acceptors (Lipinski definition) is 8. The van der Waals surface area contributed by atoms with E-state index in [9.17, 15) is 23.9 Å². The summed E-state index contributed by atoms with van der Waals surface area (Å²) >= 11 is 0. The highest BCUT2D eigenvalue weighted by Crippen LogP contribution is 2.32. The number of nitrogens with zero attached hydrogens (tertiary/aromatic N) is 1. The minimum Gasteiger partial charge on any atom is -0.503 e. The zero-order valence-corrected chi connectivity index (χ0v) is 22.2. The molecule has 0 spiro atoms. The van der Waals surface area contributed by atoms with E-state index >= 15 is 0 Å². The molecular formula is C29H35FN2O7. The number of aromatic hydroxyl groups is 1. The van der Waals surface area contributed by atoms with E-state index in [4.69, 9.17) is 14.2 Å².